The average molecular weight is 428 g/mol. The number of hydrogen-bond acceptors (Lipinski definition) is 3. The van der Waals surface area contributed by atoms with E-state index in [2.05, 4.69) is 21.7 Å². The third-order valence-electron chi connectivity index (χ3n) is 5.92. The van der Waals surface area contributed by atoms with Crippen molar-refractivity contribution in [3.63, 3.8) is 0 Å². The lowest BCUT2D eigenvalue weighted by Gasteiger charge is -2.20. The van der Waals surface area contributed by atoms with Gasteiger partial charge in [-0.25, -0.2) is 0 Å². The van der Waals surface area contributed by atoms with E-state index in [0.29, 0.717) is 25.9 Å². The molecule has 2 heterocycles. The molecule has 2 aliphatic heterocycles. The molecule has 7 heteroatoms. The Kier molecular flexibility index (Phi) is 9.18. The number of hydrogen-bond donors (Lipinski definition) is 2. The maximum Gasteiger partial charge on any atom is 0.227 e. The van der Waals surface area contributed by atoms with Gasteiger partial charge in [0, 0.05) is 57.8 Å². The molecular formula is C24H37N5O2. The molecule has 1 fully saturated rings. The summed E-state index contributed by atoms with van der Waals surface area (Å²) in [4.78, 5) is 33.2. The highest BCUT2D eigenvalue weighted by molar-refractivity contribution is 5.95. The zero-order chi connectivity index (χ0) is 21.9. The minimum Gasteiger partial charge on any atom is -0.357 e. The fraction of sp³-hybridized carbons (Fsp3) is 0.625. The first kappa shape index (κ1) is 23.1. The normalized spacial score (nSPS) is 16.8. The summed E-state index contributed by atoms with van der Waals surface area (Å²) in [5.41, 5.74) is 2.33. The Bertz CT molecular complexity index is 764. The molecule has 0 saturated carbocycles. The number of nitrogens with one attached hydrogen (secondary N) is 2. The Morgan fingerprint density at radius 3 is 2.81 bits per heavy atom. The van der Waals surface area contributed by atoms with E-state index < -0.39 is 0 Å². The first-order valence-electron chi connectivity index (χ1n) is 11.9. The van der Waals surface area contributed by atoms with Crippen molar-refractivity contribution in [3.8, 4) is 0 Å². The summed E-state index contributed by atoms with van der Waals surface area (Å²) in [5.74, 6) is 1.26. The molecule has 0 radical (unpaired) electrons. The van der Waals surface area contributed by atoms with Crippen LogP contribution in [0.3, 0.4) is 0 Å². The zero-order valence-electron chi connectivity index (χ0n) is 18.9. The SMILES string of the molecule is CCNC(=NCCCN1CCCCCC1=O)NCCCC(=O)N1CCc2ccccc21. The van der Waals surface area contributed by atoms with Crippen molar-refractivity contribution in [1.29, 1.82) is 0 Å². The van der Waals surface area contributed by atoms with Crippen molar-refractivity contribution in [2.24, 2.45) is 4.99 Å². The predicted octanol–water partition coefficient (Wildman–Crippen LogP) is 2.70. The number of anilines is 1. The summed E-state index contributed by atoms with van der Waals surface area (Å²) in [6, 6.07) is 8.16. The van der Waals surface area contributed by atoms with Gasteiger partial charge in [0.05, 0.1) is 0 Å². The second-order valence-corrected chi connectivity index (χ2v) is 8.26. The fourth-order valence-electron chi connectivity index (χ4n) is 4.25. The molecule has 1 aromatic carbocycles. The molecule has 2 N–H and O–H groups in total. The van der Waals surface area contributed by atoms with Gasteiger partial charge in [-0.05, 0) is 50.7 Å². The quantitative estimate of drug-likeness (QED) is 0.361. The molecular weight excluding hydrogens is 390 g/mol. The molecule has 0 aliphatic carbocycles. The number of likely N-dealkylation sites (tertiary alicyclic amines) is 1. The van der Waals surface area contributed by atoms with Gasteiger partial charge in [-0.1, -0.05) is 24.6 Å². The number of aliphatic imine (C=N–C) groups is 1. The Labute approximate surface area is 186 Å². The first-order chi connectivity index (χ1) is 15.2. The Morgan fingerprint density at radius 1 is 1.06 bits per heavy atom. The van der Waals surface area contributed by atoms with Gasteiger partial charge in [0.15, 0.2) is 5.96 Å². The van der Waals surface area contributed by atoms with E-state index in [1.807, 2.05) is 34.9 Å². The van der Waals surface area contributed by atoms with Crippen molar-refractivity contribution in [2.45, 2.75) is 58.3 Å². The van der Waals surface area contributed by atoms with E-state index in [1.165, 1.54) is 5.56 Å². The summed E-state index contributed by atoms with van der Waals surface area (Å²) in [6.07, 6.45) is 7.09. The van der Waals surface area contributed by atoms with Crippen molar-refractivity contribution in [1.82, 2.24) is 15.5 Å². The Morgan fingerprint density at radius 2 is 1.94 bits per heavy atom. The molecule has 1 aromatic rings. The van der Waals surface area contributed by atoms with Gasteiger partial charge in [-0.2, -0.15) is 0 Å². The third kappa shape index (κ3) is 6.97. The van der Waals surface area contributed by atoms with Crippen molar-refractivity contribution in [2.75, 3.05) is 44.2 Å². The van der Waals surface area contributed by atoms with Crippen molar-refractivity contribution < 1.29 is 9.59 Å². The third-order valence-corrected chi connectivity index (χ3v) is 5.92. The molecule has 0 atom stereocenters. The summed E-state index contributed by atoms with van der Waals surface area (Å²) < 4.78 is 0. The highest BCUT2D eigenvalue weighted by atomic mass is 16.2. The number of amides is 2. The van der Waals surface area contributed by atoms with Crippen LogP contribution in [-0.2, 0) is 16.0 Å². The number of fused-ring (bicyclic) bond motifs is 1. The number of benzene rings is 1. The molecule has 0 bridgehead atoms. The number of carbonyl (C=O) groups excluding carboxylic acids is 2. The number of para-hydroxylation sites is 1. The molecule has 2 aliphatic rings. The van der Waals surface area contributed by atoms with E-state index in [9.17, 15) is 9.59 Å². The summed E-state index contributed by atoms with van der Waals surface area (Å²) >= 11 is 0. The van der Waals surface area contributed by atoms with Crippen LogP contribution in [0.15, 0.2) is 29.3 Å². The van der Waals surface area contributed by atoms with E-state index in [0.717, 1.165) is 76.4 Å². The zero-order valence-corrected chi connectivity index (χ0v) is 18.9. The molecule has 2 amide bonds. The van der Waals surface area contributed by atoms with Crippen LogP contribution in [0.5, 0.6) is 0 Å². The Hall–Kier alpha value is -2.57. The standard InChI is InChI=1S/C24H37N5O2/c1-2-25-24(27-16-9-18-28-17-7-3-4-12-22(28)30)26-15-8-13-23(31)29-19-14-20-10-5-6-11-21(20)29/h5-6,10-11H,2-4,7-9,12-19H2,1H3,(H2,25,26,27). The van der Waals surface area contributed by atoms with Crippen molar-refractivity contribution >= 4 is 23.5 Å². The van der Waals surface area contributed by atoms with Crippen LogP contribution in [0.2, 0.25) is 0 Å². The van der Waals surface area contributed by atoms with Gasteiger partial charge in [0.25, 0.3) is 0 Å². The van der Waals surface area contributed by atoms with Crippen LogP contribution in [0, 0.1) is 0 Å². The highest BCUT2D eigenvalue weighted by Gasteiger charge is 2.23. The summed E-state index contributed by atoms with van der Waals surface area (Å²) in [6.45, 7) is 6.68. The van der Waals surface area contributed by atoms with Crippen LogP contribution >= 0.6 is 0 Å². The van der Waals surface area contributed by atoms with Crippen LogP contribution in [0.4, 0.5) is 5.69 Å². The number of guanidine groups is 1. The smallest absolute Gasteiger partial charge is 0.227 e. The average Bonchev–Trinajstić information content (AvgIpc) is 3.11. The van der Waals surface area contributed by atoms with E-state index in [1.54, 1.807) is 0 Å². The van der Waals surface area contributed by atoms with E-state index in [4.69, 9.17) is 0 Å². The van der Waals surface area contributed by atoms with Gasteiger partial charge in [0.1, 0.15) is 0 Å². The molecule has 3 rings (SSSR count). The lowest BCUT2D eigenvalue weighted by Crippen LogP contribution is -2.38. The maximum absolute atomic E-state index is 12.6. The fourth-order valence-corrected chi connectivity index (χ4v) is 4.25. The maximum atomic E-state index is 12.6. The second-order valence-electron chi connectivity index (χ2n) is 8.26. The van der Waals surface area contributed by atoms with Gasteiger partial charge in [-0.3, -0.25) is 14.6 Å². The van der Waals surface area contributed by atoms with Crippen LogP contribution < -0.4 is 15.5 Å². The predicted molar refractivity (Wildman–Crippen MR) is 125 cm³/mol. The number of carbonyl (C=O) groups is 2. The molecule has 1 saturated heterocycles. The molecule has 0 spiro atoms. The summed E-state index contributed by atoms with van der Waals surface area (Å²) in [5, 5.41) is 6.59. The minimum atomic E-state index is 0.191. The first-order valence-corrected chi connectivity index (χ1v) is 11.9. The monoisotopic (exact) mass is 427 g/mol. The van der Waals surface area contributed by atoms with Gasteiger partial charge >= 0.3 is 0 Å². The molecule has 0 unspecified atom stereocenters. The highest BCUT2D eigenvalue weighted by Crippen LogP contribution is 2.27. The van der Waals surface area contributed by atoms with Crippen LogP contribution in [0.25, 0.3) is 0 Å². The summed E-state index contributed by atoms with van der Waals surface area (Å²) in [7, 11) is 0. The molecule has 0 aromatic heterocycles. The van der Waals surface area contributed by atoms with E-state index in [-0.39, 0.29) is 11.8 Å². The van der Waals surface area contributed by atoms with Crippen LogP contribution in [0.1, 0.15) is 57.4 Å². The minimum absolute atomic E-state index is 0.191. The van der Waals surface area contributed by atoms with Crippen molar-refractivity contribution in [3.05, 3.63) is 29.8 Å². The molecule has 170 valence electrons. The number of rotatable bonds is 9. The van der Waals surface area contributed by atoms with Crippen LogP contribution in [-0.4, -0.2) is 61.9 Å². The second kappa shape index (κ2) is 12.3. The topological polar surface area (TPSA) is 77.0 Å². The van der Waals surface area contributed by atoms with Gasteiger partial charge in [0.2, 0.25) is 11.8 Å². The van der Waals surface area contributed by atoms with Gasteiger partial charge in [-0.15, -0.1) is 0 Å². The largest absolute Gasteiger partial charge is 0.357 e. The molecule has 31 heavy (non-hydrogen) atoms. The lowest BCUT2D eigenvalue weighted by atomic mass is 10.2. The van der Waals surface area contributed by atoms with E-state index >= 15 is 0 Å². The van der Waals surface area contributed by atoms with Gasteiger partial charge < -0.3 is 20.4 Å². The number of nitrogens with zero attached hydrogens (tertiary/aromatic N) is 3. The Balaban J connectivity index is 1.36. The lowest BCUT2D eigenvalue weighted by molar-refractivity contribution is -0.130. The molecule has 7 nitrogen and oxygen atoms in total.